The molecule has 2 rings (SSSR count). The highest BCUT2D eigenvalue weighted by Gasteiger charge is 2.19. The Bertz CT molecular complexity index is 662. The lowest BCUT2D eigenvalue weighted by Gasteiger charge is -2.23. The molecule has 0 saturated heterocycles. The van der Waals surface area contributed by atoms with Crippen LogP contribution in [-0.4, -0.2) is 17.6 Å². The van der Waals surface area contributed by atoms with Crippen LogP contribution in [-0.2, 0) is 0 Å². The molecule has 2 aromatic carbocycles. The summed E-state index contributed by atoms with van der Waals surface area (Å²) in [6.45, 7) is 5.88. The Balaban J connectivity index is 2.45. The van der Waals surface area contributed by atoms with E-state index in [1.54, 1.807) is 31.2 Å². The van der Waals surface area contributed by atoms with Crippen molar-refractivity contribution in [2.45, 2.75) is 20.8 Å². The van der Waals surface area contributed by atoms with Gasteiger partial charge < -0.3 is 10.0 Å². The van der Waals surface area contributed by atoms with Crippen LogP contribution < -0.4 is 4.90 Å². The molecule has 4 heteroatoms. The van der Waals surface area contributed by atoms with Crippen LogP contribution in [0.25, 0.3) is 0 Å². The van der Waals surface area contributed by atoms with Crippen molar-refractivity contribution < 1.29 is 14.3 Å². The van der Waals surface area contributed by atoms with Crippen molar-refractivity contribution in [1.82, 2.24) is 0 Å². The Labute approximate surface area is 123 Å². The molecule has 0 heterocycles. The number of phenols is 1. The van der Waals surface area contributed by atoms with E-state index in [4.69, 9.17) is 0 Å². The molecule has 1 amide bonds. The average molecular weight is 287 g/mol. The molecule has 21 heavy (non-hydrogen) atoms. The smallest absolute Gasteiger partial charge is 0.258 e. The fraction of sp³-hybridized carbons (Fsp3) is 0.235. The number of rotatable bonds is 3. The van der Waals surface area contributed by atoms with E-state index in [1.165, 1.54) is 17.0 Å². The van der Waals surface area contributed by atoms with E-state index in [0.29, 0.717) is 23.4 Å². The summed E-state index contributed by atoms with van der Waals surface area (Å²) in [4.78, 5) is 14.2. The van der Waals surface area contributed by atoms with Crippen molar-refractivity contribution in [3.63, 3.8) is 0 Å². The normalized spacial score (nSPS) is 10.5. The number of hydrogen-bond acceptors (Lipinski definition) is 2. The summed E-state index contributed by atoms with van der Waals surface area (Å²) >= 11 is 0. The number of carbonyl (C=O) groups excluding carboxylic acids is 1. The van der Waals surface area contributed by atoms with Gasteiger partial charge in [-0.3, -0.25) is 4.79 Å². The molecule has 0 spiro atoms. The van der Waals surface area contributed by atoms with Crippen LogP contribution in [0.5, 0.6) is 5.75 Å². The summed E-state index contributed by atoms with van der Waals surface area (Å²) in [6.07, 6.45) is 0. The summed E-state index contributed by atoms with van der Waals surface area (Å²) in [5.41, 5.74) is 2.50. The van der Waals surface area contributed by atoms with Crippen molar-refractivity contribution in [3.05, 3.63) is 58.9 Å². The highest BCUT2D eigenvalue weighted by molar-refractivity contribution is 6.06. The molecule has 0 aromatic heterocycles. The molecule has 0 saturated carbocycles. The summed E-state index contributed by atoms with van der Waals surface area (Å²) in [6, 6.07) is 9.14. The lowest BCUT2D eigenvalue weighted by Crippen LogP contribution is -2.31. The highest BCUT2D eigenvalue weighted by atomic mass is 19.1. The number of hydrogen-bond donors (Lipinski definition) is 1. The zero-order chi connectivity index (χ0) is 15.6. The molecule has 0 radical (unpaired) electrons. The van der Waals surface area contributed by atoms with E-state index in [1.807, 2.05) is 13.8 Å². The topological polar surface area (TPSA) is 40.5 Å². The zero-order valence-electron chi connectivity index (χ0n) is 12.4. The summed E-state index contributed by atoms with van der Waals surface area (Å²) in [5.74, 6) is -0.617. The van der Waals surface area contributed by atoms with Crippen molar-refractivity contribution in [2.24, 2.45) is 0 Å². The molecule has 1 N–H and O–H groups in total. The van der Waals surface area contributed by atoms with Crippen LogP contribution in [0.3, 0.4) is 0 Å². The fourth-order valence-corrected chi connectivity index (χ4v) is 2.33. The van der Waals surface area contributed by atoms with E-state index in [9.17, 15) is 14.3 Å². The van der Waals surface area contributed by atoms with Gasteiger partial charge in [-0.25, -0.2) is 4.39 Å². The fourth-order valence-electron chi connectivity index (χ4n) is 2.33. The van der Waals surface area contributed by atoms with E-state index in [2.05, 4.69) is 0 Å². The van der Waals surface area contributed by atoms with Gasteiger partial charge in [0.2, 0.25) is 0 Å². The van der Waals surface area contributed by atoms with E-state index < -0.39 is 5.82 Å². The minimum atomic E-state index is -0.429. The lowest BCUT2D eigenvalue weighted by molar-refractivity contribution is 0.0987. The lowest BCUT2D eigenvalue weighted by atomic mass is 10.1. The quantitative estimate of drug-likeness (QED) is 0.932. The molecule has 0 bridgehead atoms. The number of benzene rings is 2. The average Bonchev–Trinajstić information content (AvgIpc) is 2.42. The molecule has 0 aliphatic heterocycles. The number of carbonyl (C=O) groups is 1. The molecule has 0 aliphatic carbocycles. The zero-order valence-corrected chi connectivity index (χ0v) is 12.4. The van der Waals surface area contributed by atoms with Gasteiger partial charge in [0.05, 0.1) is 5.69 Å². The molecule has 3 nitrogen and oxygen atoms in total. The van der Waals surface area contributed by atoms with Crippen LogP contribution in [0, 0.1) is 19.7 Å². The maximum Gasteiger partial charge on any atom is 0.258 e. The molecule has 0 atom stereocenters. The first-order valence-corrected chi connectivity index (χ1v) is 6.81. The molecule has 110 valence electrons. The van der Waals surface area contributed by atoms with Crippen molar-refractivity contribution in [1.29, 1.82) is 0 Å². The van der Waals surface area contributed by atoms with Gasteiger partial charge in [-0.15, -0.1) is 0 Å². The largest absolute Gasteiger partial charge is 0.508 e. The number of nitrogens with zero attached hydrogens (tertiary/aromatic N) is 1. The molecule has 0 fully saturated rings. The third-order valence-corrected chi connectivity index (χ3v) is 3.33. The SMILES string of the molecule is CCN(C(=O)c1cc(C)cc(F)c1)c1cc(O)ccc1C. The number of anilines is 1. The second-order valence-electron chi connectivity index (χ2n) is 5.04. The van der Waals surface area contributed by atoms with Crippen LogP contribution in [0.2, 0.25) is 0 Å². The number of phenolic OH excluding ortho intramolecular Hbond substituents is 1. The van der Waals surface area contributed by atoms with E-state index in [-0.39, 0.29) is 11.7 Å². The van der Waals surface area contributed by atoms with Gasteiger partial charge in [0.15, 0.2) is 0 Å². The van der Waals surface area contributed by atoms with Crippen LogP contribution in [0.1, 0.15) is 28.4 Å². The van der Waals surface area contributed by atoms with Crippen LogP contribution >= 0.6 is 0 Å². The van der Waals surface area contributed by atoms with Crippen LogP contribution in [0.15, 0.2) is 36.4 Å². The first kappa shape index (κ1) is 15.0. The van der Waals surface area contributed by atoms with Gasteiger partial charge in [-0.2, -0.15) is 0 Å². The Morgan fingerprint density at radius 1 is 1.19 bits per heavy atom. The summed E-state index contributed by atoms with van der Waals surface area (Å²) in [7, 11) is 0. The Hall–Kier alpha value is -2.36. The predicted octanol–water partition coefficient (Wildman–Crippen LogP) is 3.81. The molecule has 0 aliphatic rings. The third-order valence-electron chi connectivity index (χ3n) is 3.33. The second kappa shape index (κ2) is 5.95. The van der Waals surface area contributed by atoms with Gasteiger partial charge in [-0.05, 0) is 56.2 Å². The molecular weight excluding hydrogens is 269 g/mol. The Kier molecular flexibility index (Phi) is 4.26. The molecule has 0 unspecified atom stereocenters. The molecule has 2 aromatic rings. The van der Waals surface area contributed by atoms with Gasteiger partial charge in [0.25, 0.3) is 5.91 Å². The summed E-state index contributed by atoms with van der Waals surface area (Å²) in [5, 5.41) is 9.62. The summed E-state index contributed by atoms with van der Waals surface area (Å²) < 4.78 is 13.5. The predicted molar refractivity (Wildman–Crippen MR) is 81.3 cm³/mol. The third kappa shape index (κ3) is 3.21. The second-order valence-corrected chi connectivity index (χ2v) is 5.04. The van der Waals surface area contributed by atoms with Crippen molar-refractivity contribution in [3.8, 4) is 5.75 Å². The van der Waals surface area contributed by atoms with Crippen molar-refractivity contribution in [2.75, 3.05) is 11.4 Å². The number of aryl methyl sites for hydroxylation is 2. The Morgan fingerprint density at radius 3 is 2.52 bits per heavy atom. The number of amides is 1. The minimum absolute atomic E-state index is 0.0947. The standard InChI is InChI=1S/C17H18FNO2/c1-4-19(16-10-15(20)6-5-12(16)3)17(21)13-7-11(2)8-14(18)9-13/h5-10,20H,4H2,1-3H3. The van der Waals surface area contributed by atoms with Crippen molar-refractivity contribution >= 4 is 11.6 Å². The maximum absolute atomic E-state index is 13.5. The van der Waals surface area contributed by atoms with Gasteiger partial charge in [-0.1, -0.05) is 6.07 Å². The minimum Gasteiger partial charge on any atom is -0.508 e. The van der Waals surface area contributed by atoms with Gasteiger partial charge >= 0.3 is 0 Å². The number of halogens is 1. The monoisotopic (exact) mass is 287 g/mol. The maximum atomic E-state index is 13.5. The highest BCUT2D eigenvalue weighted by Crippen LogP contribution is 2.26. The van der Waals surface area contributed by atoms with E-state index in [0.717, 1.165) is 5.56 Å². The molecular formula is C17H18FNO2. The first-order valence-electron chi connectivity index (χ1n) is 6.81. The van der Waals surface area contributed by atoms with Crippen LogP contribution in [0.4, 0.5) is 10.1 Å². The van der Waals surface area contributed by atoms with E-state index >= 15 is 0 Å². The van der Waals surface area contributed by atoms with Gasteiger partial charge in [0, 0.05) is 18.2 Å². The van der Waals surface area contributed by atoms with Gasteiger partial charge in [0.1, 0.15) is 11.6 Å². The first-order chi connectivity index (χ1) is 9.92. The number of aromatic hydroxyl groups is 1. The Morgan fingerprint density at radius 2 is 1.90 bits per heavy atom.